The Morgan fingerprint density at radius 1 is 1.35 bits per heavy atom. The summed E-state index contributed by atoms with van der Waals surface area (Å²) >= 11 is 0. The highest BCUT2D eigenvalue weighted by molar-refractivity contribution is 5.94. The summed E-state index contributed by atoms with van der Waals surface area (Å²) in [7, 11) is 0. The summed E-state index contributed by atoms with van der Waals surface area (Å²) in [4.78, 5) is 12.0. The maximum Gasteiger partial charge on any atom is 0.251 e. The molecule has 1 aromatic heterocycles. The maximum absolute atomic E-state index is 12.0. The topological polar surface area (TPSA) is 51.5 Å². The molecule has 0 atom stereocenters. The first-order valence-corrected chi connectivity index (χ1v) is 6.64. The monoisotopic (exact) mass is 273 g/mol. The van der Waals surface area contributed by atoms with Crippen LogP contribution in [0.2, 0.25) is 0 Å². The molecule has 20 heavy (non-hydrogen) atoms. The second-order valence-electron chi connectivity index (χ2n) is 4.91. The maximum atomic E-state index is 12.0. The van der Waals surface area contributed by atoms with Crippen LogP contribution in [0.5, 0.6) is 5.75 Å². The van der Waals surface area contributed by atoms with Crippen LogP contribution in [0, 0.1) is 6.92 Å². The molecular weight excluding hydrogens is 254 g/mol. The number of benzene rings is 1. The SMILES string of the molecule is Cc1cc(C(=O)NCc2ccco2)ccc1OC(C)C. The van der Waals surface area contributed by atoms with Crippen molar-refractivity contribution in [3.8, 4) is 5.75 Å². The van der Waals surface area contributed by atoms with E-state index >= 15 is 0 Å². The number of carbonyl (C=O) groups excluding carboxylic acids is 1. The van der Waals surface area contributed by atoms with Gasteiger partial charge in [-0.3, -0.25) is 4.79 Å². The molecular formula is C16H19NO3. The summed E-state index contributed by atoms with van der Waals surface area (Å²) in [6, 6.07) is 9.04. The zero-order chi connectivity index (χ0) is 14.5. The molecule has 0 saturated carbocycles. The van der Waals surface area contributed by atoms with Crippen molar-refractivity contribution in [3.63, 3.8) is 0 Å². The number of furan rings is 1. The number of hydrogen-bond donors (Lipinski definition) is 1. The first-order chi connectivity index (χ1) is 9.56. The minimum atomic E-state index is -0.124. The fourth-order valence-corrected chi connectivity index (χ4v) is 1.86. The third-order valence-electron chi connectivity index (χ3n) is 2.80. The van der Waals surface area contributed by atoms with Crippen molar-refractivity contribution in [3.05, 3.63) is 53.5 Å². The third-order valence-corrected chi connectivity index (χ3v) is 2.80. The smallest absolute Gasteiger partial charge is 0.251 e. The van der Waals surface area contributed by atoms with E-state index in [1.807, 2.05) is 39.0 Å². The molecule has 4 nitrogen and oxygen atoms in total. The van der Waals surface area contributed by atoms with Crippen LogP contribution >= 0.6 is 0 Å². The summed E-state index contributed by atoms with van der Waals surface area (Å²) in [6.45, 7) is 6.27. The van der Waals surface area contributed by atoms with E-state index < -0.39 is 0 Å². The number of amides is 1. The number of hydrogen-bond acceptors (Lipinski definition) is 3. The molecule has 2 rings (SSSR count). The van der Waals surface area contributed by atoms with Gasteiger partial charge < -0.3 is 14.5 Å². The van der Waals surface area contributed by atoms with E-state index in [0.29, 0.717) is 12.1 Å². The first kappa shape index (κ1) is 14.2. The molecule has 0 bridgehead atoms. The fourth-order valence-electron chi connectivity index (χ4n) is 1.86. The minimum Gasteiger partial charge on any atom is -0.491 e. The molecule has 2 aromatic rings. The number of carbonyl (C=O) groups is 1. The average Bonchev–Trinajstić information content (AvgIpc) is 2.91. The van der Waals surface area contributed by atoms with E-state index in [4.69, 9.17) is 9.15 Å². The van der Waals surface area contributed by atoms with E-state index in [1.165, 1.54) is 0 Å². The highest BCUT2D eigenvalue weighted by Crippen LogP contribution is 2.20. The van der Waals surface area contributed by atoms with Crippen molar-refractivity contribution < 1.29 is 13.9 Å². The van der Waals surface area contributed by atoms with Crippen molar-refractivity contribution in [2.45, 2.75) is 33.4 Å². The molecule has 1 amide bonds. The standard InChI is InChI=1S/C16H19NO3/c1-11(2)20-15-7-6-13(9-12(15)3)16(18)17-10-14-5-4-8-19-14/h4-9,11H,10H2,1-3H3,(H,17,18). The lowest BCUT2D eigenvalue weighted by Crippen LogP contribution is -2.22. The van der Waals surface area contributed by atoms with Gasteiger partial charge >= 0.3 is 0 Å². The van der Waals surface area contributed by atoms with Gasteiger partial charge in [-0.05, 0) is 56.7 Å². The number of ether oxygens (including phenoxy) is 1. The summed E-state index contributed by atoms with van der Waals surface area (Å²) in [5.74, 6) is 1.41. The lowest BCUT2D eigenvalue weighted by molar-refractivity contribution is 0.0948. The number of nitrogens with one attached hydrogen (secondary N) is 1. The molecule has 0 spiro atoms. The molecule has 0 fully saturated rings. The van der Waals surface area contributed by atoms with Crippen LogP contribution in [0.1, 0.15) is 35.5 Å². The van der Waals surface area contributed by atoms with Crippen molar-refractivity contribution in [1.29, 1.82) is 0 Å². The molecule has 1 heterocycles. The fraction of sp³-hybridized carbons (Fsp3) is 0.312. The first-order valence-electron chi connectivity index (χ1n) is 6.64. The molecule has 0 aliphatic heterocycles. The Hall–Kier alpha value is -2.23. The summed E-state index contributed by atoms with van der Waals surface area (Å²) < 4.78 is 10.8. The van der Waals surface area contributed by atoms with Gasteiger partial charge in [-0.1, -0.05) is 0 Å². The van der Waals surface area contributed by atoms with Crippen LogP contribution < -0.4 is 10.1 Å². The van der Waals surface area contributed by atoms with Gasteiger partial charge in [-0.25, -0.2) is 0 Å². The largest absolute Gasteiger partial charge is 0.491 e. The summed E-state index contributed by atoms with van der Waals surface area (Å²) in [5, 5.41) is 2.82. The Kier molecular flexibility index (Phi) is 4.45. The highest BCUT2D eigenvalue weighted by atomic mass is 16.5. The third kappa shape index (κ3) is 3.63. The molecule has 0 unspecified atom stereocenters. The van der Waals surface area contributed by atoms with Crippen LogP contribution in [0.15, 0.2) is 41.0 Å². The van der Waals surface area contributed by atoms with Crippen LogP contribution in [0.3, 0.4) is 0 Å². The average molecular weight is 273 g/mol. The van der Waals surface area contributed by atoms with Gasteiger partial charge in [0.2, 0.25) is 0 Å². The number of rotatable bonds is 5. The van der Waals surface area contributed by atoms with Crippen LogP contribution in [-0.4, -0.2) is 12.0 Å². The Morgan fingerprint density at radius 2 is 2.15 bits per heavy atom. The molecule has 106 valence electrons. The summed E-state index contributed by atoms with van der Waals surface area (Å²) in [6.07, 6.45) is 1.70. The normalized spacial score (nSPS) is 10.6. The molecule has 0 saturated heterocycles. The lowest BCUT2D eigenvalue weighted by atomic mass is 10.1. The van der Waals surface area contributed by atoms with Crippen molar-refractivity contribution in [2.75, 3.05) is 0 Å². The zero-order valence-corrected chi connectivity index (χ0v) is 12.0. The Bertz CT molecular complexity index is 573. The second kappa shape index (κ2) is 6.28. The molecule has 0 aliphatic carbocycles. The van der Waals surface area contributed by atoms with E-state index in [9.17, 15) is 4.79 Å². The van der Waals surface area contributed by atoms with Crippen LogP contribution in [-0.2, 0) is 6.54 Å². The van der Waals surface area contributed by atoms with Crippen molar-refractivity contribution in [2.24, 2.45) is 0 Å². The molecule has 0 aliphatic rings. The van der Waals surface area contributed by atoms with Gasteiger partial charge in [0.25, 0.3) is 5.91 Å². The Morgan fingerprint density at radius 3 is 2.75 bits per heavy atom. The zero-order valence-electron chi connectivity index (χ0n) is 12.0. The molecule has 1 N–H and O–H groups in total. The highest BCUT2D eigenvalue weighted by Gasteiger charge is 2.09. The quantitative estimate of drug-likeness (QED) is 0.909. The van der Waals surface area contributed by atoms with Crippen LogP contribution in [0.4, 0.5) is 0 Å². The van der Waals surface area contributed by atoms with Gasteiger partial charge in [-0.15, -0.1) is 0 Å². The van der Waals surface area contributed by atoms with Crippen LogP contribution in [0.25, 0.3) is 0 Å². The number of aryl methyl sites for hydroxylation is 1. The lowest BCUT2D eigenvalue weighted by Gasteiger charge is -2.13. The van der Waals surface area contributed by atoms with E-state index in [1.54, 1.807) is 18.4 Å². The van der Waals surface area contributed by atoms with E-state index in [0.717, 1.165) is 17.1 Å². The second-order valence-corrected chi connectivity index (χ2v) is 4.91. The Labute approximate surface area is 118 Å². The van der Waals surface area contributed by atoms with Gasteiger partial charge in [-0.2, -0.15) is 0 Å². The Balaban J connectivity index is 2.01. The van der Waals surface area contributed by atoms with E-state index in [-0.39, 0.29) is 12.0 Å². The van der Waals surface area contributed by atoms with Crippen molar-refractivity contribution in [1.82, 2.24) is 5.32 Å². The minimum absolute atomic E-state index is 0.118. The van der Waals surface area contributed by atoms with Crippen molar-refractivity contribution >= 4 is 5.91 Å². The molecule has 4 heteroatoms. The van der Waals surface area contributed by atoms with Gasteiger partial charge in [0.1, 0.15) is 11.5 Å². The molecule has 1 aromatic carbocycles. The summed E-state index contributed by atoms with van der Waals surface area (Å²) in [5.41, 5.74) is 1.56. The molecule has 0 radical (unpaired) electrons. The van der Waals surface area contributed by atoms with Gasteiger partial charge in [0.05, 0.1) is 18.9 Å². The van der Waals surface area contributed by atoms with E-state index in [2.05, 4.69) is 5.32 Å². The predicted octanol–water partition coefficient (Wildman–Crippen LogP) is 3.31. The van der Waals surface area contributed by atoms with Gasteiger partial charge in [0.15, 0.2) is 0 Å². The van der Waals surface area contributed by atoms with Gasteiger partial charge in [0, 0.05) is 5.56 Å². The predicted molar refractivity (Wildman–Crippen MR) is 76.8 cm³/mol.